The monoisotopic (exact) mass is 212 g/mol. The number of hydrogen-bond donors (Lipinski definition) is 1. The van der Waals surface area contributed by atoms with E-state index in [9.17, 15) is 4.79 Å². The molecule has 78 valence electrons. The molecule has 0 unspecified atom stereocenters. The molecule has 3 rings (SSSR count). The quantitative estimate of drug-likeness (QED) is 0.643. The van der Waals surface area contributed by atoms with Gasteiger partial charge in [-0.1, -0.05) is 30.8 Å². The molecule has 2 N–H and O–H groups in total. The SMILES string of the molecule is C=C1N=C2C(=O)c3ccccc3C2=NN1N. The van der Waals surface area contributed by atoms with Crippen molar-refractivity contribution >= 4 is 17.2 Å². The Balaban J connectivity index is 2.28. The Morgan fingerprint density at radius 3 is 2.62 bits per heavy atom. The van der Waals surface area contributed by atoms with Crippen LogP contribution in [0.3, 0.4) is 0 Å². The lowest BCUT2D eigenvalue weighted by molar-refractivity contribution is 0.106. The van der Waals surface area contributed by atoms with E-state index in [1.54, 1.807) is 6.07 Å². The Bertz CT molecular complexity index is 585. The van der Waals surface area contributed by atoms with Crippen molar-refractivity contribution in [3.05, 3.63) is 47.8 Å². The fraction of sp³-hybridized carbons (Fsp3) is 0. The second-order valence-electron chi connectivity index (χ2n) is 3.54. The summed E-state index contributed by atoms with van der Waals surface area (Å²) in [5, 5.41) is 5.17. The first-order valence-corrected chi connectivity index (χ1v) is 4.74. The van der Waals surface area contributed by atoms with Gasteiger partial charge in [-0.05, 0) is 0 Å². The molecule has 1 aromatic carbocycles. The first-order valence-electron chi connectivity index (χ1n) is 4.74. The van der Waals surface area contributed by atoms with Gasteiger partial charge < -0.3 is 0 Å². The summed E-state index contributed by atoms with van der Waals surface area (Å²) in [5.41, 5.74) is 2.24. The summed E-state index contributed by atoms with van der Waals surface area (Å²) in [7, 11) is 0. The molecule has 0 radical (unpaired) electrons. The predicted molar refractivity (Wildman–Crippen MR) is 59.9 cm³/mol. The number of benzene rings is 1. The van der Waals surface area contributed by atoms with Gasteiger partial charge in [0.05, 0.1) is 0 Å². The van der Waals surface area contributed by atoms with E-state index in [0.717, 1.165) is 10.7 Å². The van der Waals surface area contributed by atoms with Crippen molar-refractivity contribution in [3.63, 3.8) is 0 Å². The van der Waals surface area contributed by atoms with Crippen LogP contribution in [0, 0.1) is 0 Å². The van der Waals surface area contributed by atoms with Crippen LogP contribution < -0.4 is 5.84 Å². The summed E-state index contributed by atoms with van der Waals surface area (Å²) in [5.74, 6) is 5.71. The van der Waals surface area contributed by atoms with E-state index >= 15 is 0 Å². The third-order valence-electron chi connectivity index (χ3n) is 2.58. The van der Waals surface area contributed by atoms with Crippen molar-refractivity contribution < 1.29 is 4.79 Å². The summed E-state index contributed by atoms with van der Waals surface area (Å²) in [6.07, 6.45) is 0. The number of hydrogen-bond acceptors (Lipinski definition) is 5. The number of hydrazone groups is 1. The van der Waals surface area contributed by atoms with Gasteiger partial charge in [-0.15, -0.1) is 0 Å². The van der Waals surface area contributed by atoms with E-state index in [1.807, 2.05) is 18.2 Å². The zero-order chi connectivity index (χ0) is 11.3. The highest BCUT2D eigenvalue weighted by atomic mass is 16.1. The van der Waals surface area contributed by atoms with Crippen molar-refractivity contribution in [2.24, 2.45) is 15.9 Å². The van der Waals surface area contributed by atoms with Gasteiger partial charge in [-0.2, -0.15) is 10.2 Å². The molecule has 0 saturated carbocycles. The molecule has 16 heavy (non-hydrogen) atoms. The lowest BCUT2D eigenvalue weighted by atomic mass is 10.1. The van der Waals surface area contributed by atoms with Crippen LogP contribution in [0.25, 0.3) is 0 Å². The van der Waals surface area contributed by atoms with Crippen LogP contribution in [-0.2, 0) is 0 Å². The molecule has 0 fully saturated rings. The predicted octanol–water partition coefficient (Wildman–Crippen LogP) is 0.689. The number of aliphatic imine (C=N–C) groups is 1. The van der Waals surface area contributed by atoms with E-state index in [1.165, 1.54) is 0 Å². The molecular formula is C11H8N4O. The summed E-state index contributed by atoms with van der Waals surface area (Å²) >= 11 is 0. The maximum absolute atomic E-state index is 12.0. The van der Waals surface area contributed by atoms with E-state index in [-0.39, 0.29) is 11.6 Å². The fourth-order valence-corrected chi connectivity index (χ4v) is 1.80. The van der Waals surface area contributed by atoms with Crippen LogP contribution in [0.2, 0.25) is 0 Å². The average molecular weight is 212 g/mol. The summed E-state index contributed by atoms with van der Waals surface area (Å²) < 4.78 is 0. The largest absolute Gasteiger partial charge is 0.287 e. The minimum absolute atomic E-state index is 0.122. The Kier molecular flexibility index (Phi) is 1.61. The molecule has 2 aliphatic rings. The number of carbonyl (C=O) groups excluding carboxylic acids is 1. The highest BCUT2D eigenvalue weighted by Gasteiger charge is 2.35. The topological polar surface area (TPSA) is 71.0 Å². The molecule has 5 heteroatoms. The number of hydrazine groups is 1. The number of Topliss-reactive ketones (excluding diaryl/α,β-unsaturated/α-hetero) is 1. The van der Waals surface area contributed by atoms with Gasteiger partial charge in [-0.3, -0.25) is 4.79 Å². The van der Waals surface area contributed by atoms with E-state index < -0.39 is 0 Å². The Hall–Kier alpha value is -2.27. The van der Waals surface area contributed by atoms with Gasteiger partial charge >= 0.3 is 0 Å². The van der Waals surface area contributed by atoms with Crippen LogP contribution in [0.1, 0.15) is 15.9 Å². The molecule has 0 atom stereocenters. The van der Waals surface area contributed by atoms with Crippen molar-refractivity contribution in [3.8, 4) is 0 Å². The third kappa shape index (κ3) is 1.00. The summed E-state index contributed by atoms with van der Waals surface area (Å²) in [4.78, 5) is 16.0. The van der Waals surface area contributed by atoms with Gasteiger partial charge in [0.15, 0.2) is 5.82 Å². The zero-order valence-corrected chi connectivity index (χ0v) is 8.34. The standard InChI is InChI=1S/C11H8N4O/c1-6-13-10-9(14-15(6)12)7-4-2-3-5-8(7)11(10)16/h2-5H,1,12H2. The van der Waals surface area contributed by atoms with Gasteiger partial charge in [-0.25, -0.2) is 10.8 Å². The molecule has 1 aliphatic carbocycles. The number of carbonyl (C=O) groups is 1. The third-order valence-corrected chi connectivity index (χ3v) is 2.58. The van der Waals surface area contributed by atoms with Crippen LogP contribution in [0.5, 0.6) is 0 Å². The second-order valence-corrected chi connectivity index (χ2v) is 3.54. The van der Waals surface area contributed by atoms with Gasteiger partial charge in [0.2, 0.25) is 5.78 Å². The highest BCUT2D eigenvalue weighted by molar-refractivity contribution is 6.78. The normalized spacial score (nSPS) is 17.9. The van der Waals surface area contributed by atoms with E-state index in [4.69, 9.17) is 5.84 Å². The number of nitrogens with zero attached hydrogens (tertiary/aromatic N) is 3. The van der Waals surface area contributed by atoms with Crippen molar-refractivity contribution in [1.82, 2.24) is 5.12 Å². The van der Waals surface area contributed by atoms with Crippen LogP contribution in [0.15, 0.2) is 46.8 Å². The molecule has 0 saturated heterocycles. The van der Waals surface area contributed by atoms with E-state index in [2.05, 4.69) is 16.7 Å². The zero-order valence-electron chi connectivity index (χ0n) is 8.34. The van der Waals surface area contributed by atoms with Crippen molar-refractivity contribution in [2.45, 2.75) is 0 Å². The van der Waals surface area contributed by atoms with Gasteiger partial charge in [0.25, 0.3) is 0 Å². The first-order chi connectivity index (χ1) is 7.68. The van der Waals surface area contributed by atoms with Crippen molar-refractivity contribution in [2.75, 3.05) is 0 Å². The van der Waals surface area contributed by atoms with E-state index in [0.29, 0.717) is 17.0 Å². The van der Waals surface area contributed by atoms with Gasteiger partial charge in [0.1, 0.15) is 11.4 Å². The van der Waals surface area contributed by atoms with Crippen molar-refractivity contribution in [1.29, 1.82) is 0 Å². The molecule has 1 heterocycles. The highest BCUT2D eigenvalue weighted by Crippen LogP contribution is 2.24. The minimum Gasteiger partial charge on any atom is -0.287 e. The van der Waals surface area contributed by atoms with Crippen LogP contribution >= 0.6 is 0 Å². The second kappa shape index (κ2) is 2.86. The lowest BCUT2D eigenvalue weighted by Gasteiger charge is -2.17. The lowest BCUT2D eigenvalue weighted by Crippen LogP contribution is -2.32. The maximum atomic E-state index is 12.0. The Labute approximate surface area is 91.5 Å². The van der Waals surface area contributed by atoms with Crippen LogP contribution in [0.4, 0.5) is 0 Å². The Morgan fingerprint density at radius 2 is 1.88 bits per heavy atom. The summed E-state index contributed by atoms with van der Waals surface area (Å²) in [6, 6.07) is 7.24. The molecule has 1 aliphatic heterocycles. The summed E-state index contributed by atoms with van der Waals surface area (Å²) in [6.45, 7) is 3.61. The number of rotatable bonds is 0. The van der Waals surface area contributed by atoms with Crippen LogP contribution in [-0.4, -0.2) is 22.3 Å². The minimum atomic E-state index is -0.122. The molecule has 1 aromatic rings. The molecule has 0 bridgehead atoms. The smallest absolute Gasteiger partial charge is 0.214 e. The molecule has 5 nitrogen and oxygen atoms in total. The fourth-order valence-electron chi connectivity index (χ4n) is 1.80. The number of nitrogens with two attached hydrogens (primary N) is 1. The Morgan fingerprint density at radius 1 is 1.19 bits per heavy atom. The number of fused-ring (bicyclic) bond motifs is 3. The number of ketones is 1. The average Bonchev–Trinajstić information content (AvgIpc) is 2.55. The molecule has 0 amide bonds. The molecular weight excluding hydrogens is 204 g/mol. The molecule has 0 spiro atoms. The molecule has 0 aromatic heterocycles. The van der Waals surface area contributed by atoms with Gasteiger partial charge in [0, 0.05) is 11.1 Å². The maximum Gasteiger partial charge on any atom is 0.214 e. The first kappa shape index (κ1) is 8.99.